The van der Waals surface area contributed by atoms with Crippen molar-refractivity contribution in [2.75, 3.05) is 11.9 Å². The van der Waals surface area contributed by atoms with E-state index < -0.39 is 0 Å². The average Bonchev–Trinajstić information content (AvgIpc) is 3.06. The summed E-state index contributed by atoms with van der Waals surface area (Å²) >= 11 is 0. The maximum Gasteiger partial charge on any atom is 0.247 e. The molecule has 1 N–H and O–H groups in total. The Morgan fingerprint density at radius 2 is 2.00 bits per heavy atom. The van der Waals surface area contributed by atoms with Gasteiger partial charge in [0.15, 0.2) is 0 Å². The van der Waals surface area contributed by atoms with Gasteiger partial charge in [0.2, 0.25) is 11.8 Å². The molecule has 4 heteroatoms. The fourth-order valence-electron chi connectivity index (χ4n) is 3.29. The summed E-state index contributed by atoms with van der Waals surface area (Å²) in [4.78, 5) is 25.5. The number of hydrogen-bond acceptors (Lipinski definition) is 2. The van der Waals surface area contributed by atoms with Crippen LogP contribution in [0.15, 0.2) is 18.2 Å². The molecule has 3 rings (SSSR count). The van der Waals surface area contributed by atoms with E-state index in [0.29, 0.717) is 6.54 Å². The monoisotopic (exact) mass is 272 g/mol. The lowest BCUT2D eigenvalue weighted by molar-refractivity contribution is -0.134. The molecule has 1 fully saturated rings. The Morgan fingerprint density at radius 3 is 2.80 bits per heavy atom. The molecule has 1 unspecified atom stereocenters. The van der Waals surface area contributed by atoms with Crippen molar-refractivity contribution >= 4 is 17.5 Å². The number of anilines is 1. The second-order valence-corrected chi connectivity index (χ2v) is 5.70. The summed E-state index contributed by atoms with van der Waals surface area (Å²) in [6.07, 6.45) is 5.11. The molecule has 0 bridgehead atoms. The first-order valence-corrected chi connectivity index (χ1v) is 7.35. The molecule has 0 radical (unpaired) electrons. The Bertz CT molecular complexity index is 553. The molecule has 1 aliphatic heterocycles. The van der Waals surface area contributed by atoms with E-state index in [1.165, 1.54) is 24.5 Å². The van der Waals surface area contributed by atoms with Gasteiger partial charge in [-0.2, -0.15) is 0 Å². The molecule has 20 heavy (non-hydrogen) atoms. The van der Waals surface area contributed by atoms with E-state index in [1.807, 2.05) is 6.07 Å². The van der Waals surface area contributed by atoms with Crippen molar-refractivity contribution in [3.8, 4) is 0 Å². The molecule has 0 saturated carbocycles. The van der Waals surface area contributed by atoms with Crippen LogP contribution < -0.4 is 5.32 Å². The third kappa shape index (κ3) is 2.42. The molecule has 1 aliphatic carbocycles. The zero-order chi connectivity index (χ0) is 14.1. The number of likely N-dealkylation sites (tertiary alicyclic amines) is 1. The van der Waals surface area contributed by atoms with E-state index in [0.717, 1.165) is 31.4 Å². The van der Waals surface area contributed by atoms with Gasteiger partial charge in [-0.15, -0.1) is 0 Å². The number of nitrogens with zero attached hydrogens (tertiary/aromatic N) is 1. The maximum atomic E-state index is 12.3. The highest BCUT2D eigenvalue weighted by atomic mass is 16.2. The number of amides is 2. The molecule has 1 saturated heterocycles. The summed E-state index contributed by atoms with van der Waals surface area (Å²) in [7, 11) is 0. The fraction of sp³-hybridized carbons (Fsp3) is 0.500. The largest absolute Gasteiger partial charge is 0.331 e. The lowest BCUT2D eigenvalue weighted by atomic mass is 10.1. The normalized spacial score (nSPS) is 20.9. The van der Waals surface area contributed by atoms with Crippen LogP contribution in [0.2, 0.25) is 0 Å². The molecule has 0 aromatic heterocycles. The molecular formula is C16H20N2O2. The Morgan fingerprint density at radius 1 is 1.20 bits per heavy atom. The van der Waals surface area contributed by atoms with E-state index in [2.05, 4.69) is 17.4 Å². The molecule has 1 aromatic carbocycles. The van der Waals surface area contributed by atoms with Gasteiger partial charge in [-0.3, -0.25) is 9.59 Å². The first kappa shape index (κ1) is 13.2. The third-order valence-electron chi connectivity index (χ3n) is 4.33. The van der Waals surface area contributed by atoms with Gasteiger partial charge in [0.1, 0.15) is 6.04 Å². The third-order valence-corrected chi connectivity index (χ3v) is 4.33. The smallest absolute Gasteiger partial charge is 0.247 e. The van der Waals surface area contributed by atoms with Gasteiger partial charge < -0.3 is 10.2 Å². The van der Waals surface area contributed by atoms with Gasteiger partial charge in [0.05, 0.1) is 0 Å². The minimum atomic E-state index is -0.305. The molecule has 1 heterocycles. The van der Waals surface area contributed by atoms with Crippen LogP contribution in [-0.4, -0.2) is 29.3 Å². The summed E-state index contributed by atoms with van der Waals surface area (Å²) in [6.45, 7) is 2.22. The Balaban J connectivity index is 1.71. The van der Waals surface area contributed by atoms with Crippen molar-refractivity contribution in [2.45, 2.75) is 45.1 Å². The number of hydrogen-bond donors (Lipinski definition) is 1. The Hall–Kier alpha value is -1.84. The summed E-state index contributed by atoms with van der Waals surface area (Å²) in [6, 6.07) is 5.85. The van der Waals surface area contributed by atoms with Gasteiger partial charge in [-0.05, 0) is 55.4 Å². The number of aryl methyl sites for hydroxylation is 2. The van der Waals surface area contributed by atoms with Crippen LogP contribution in [0, 0.1) is 0 Å². The summed E-state index contributed by atoms with van der Waals surface area (Å²) in [5, 5.41) is 2.97. The van der Waals surface area contributed by atoms with Crippen molar-refractivity contribution in [1.82, 2.24) is 4.90 Å². The van der Waals surface area contributed by atoms with Crippen molar-refractivity contribution in [2.24, 2.45) is 0 Å². The second-order valence-electron chi connectivity index (χ2n) is 5.70. The van der Waals surface area contributed by atoms with Crippen LogP contribution in [0.5, 0.6) is 0 Å². The van der Waals surface area contributed by atoms with Crippen LogP contribution in [0.25, 0.3) is 0 Å². The highest BCUT2D eigenvalue weighted by Gasteiger charge is 2.32. The zero-order valence-electron chi connectivity index (χ0n) is 11.8. The van der Waals surface area contributed by atoms with Crippen LogP contribution in [0.4, 0.5) is 5.69 Å². The predicted molar refractivity (Wildman–Crippen MR) is 77.5 cm³/mol. The number of rotatable bonds is 2. The first-order valence-electron chi connectivity index (χ1n) is 7.35. The van der Waals surface area contributed by atoms with Gasteiger partial charge >= 0.3 is 0 Å². The van der Waals surface area contributed by atoms with Gasteiger partial charge in [-0.25, -0.2) is 0 Å². The highest BCUT2D eigenvalue weighted by molar-refractivity contribution is 5.97. The number of fused-ring (bicyclic) bond motifs is 1. The minimum absolute atomic E-state index is 0.0170. The second kappa shape index (κ2) is 5.27. The van der Waals surface area contributed by atoms with Gasteiger partial charge in [0.25, 0.3) is 0 Å². The number of carbonyl (C=O) groups is 2. The van der Waals surface area contributed by atoms with E-state index in [1.54, 1.807) is 4.90 Å². The SMILES string of the molecule is CC(=O)N1CCCC1C(=O)Nc1ccc2c(c1)CCC2. The number of nitrogens with one attached hydrogen (secondary N) is 1. The average molecular weight is 272 g/mol. The van der Waals surface area contributed by atoms with E-state index in [-0.39, 0.29) is 17.9 Å². The molecule has 4 nitrogen and oxygen atoms in total. The molecule has 1 atom stereocenters. The van der Waals surface area contributed by atoms with Crippen molar-refractivity contribution in [3.63, 3.8) is 0 Å². The fourth-order valence-corrected chi connectivity index (χ4v) is 3.29. The Kier molecular flexibility index (Phi) is 3.47. The topological polar surface area (TPSA) is 49.4 Å². The van der Waals surface area contributed by atoms with E-state index in [4.69, 9.17) is 0 Å². The number of benzene rings is 1. The minimum Gasteiger partial charge on any atom is -0.331 e. The zero-order valence-corrected chi connectivity index (χ0v) is 11.8. The number of carbonyl (C=O) groups excluding carboxylic acids is 2. The lowest BCUT2D eigenvalue weighted by Crippen LogP contribution is -2.42. The van der Waals surface area contributed by atoms with Crippen LogP contribution in [0.3, 0.4) is 0 Å². The Labute approximate surface area is 119 Å². The van der Waals surface area contributed by atoms with Crippen molar-refractivity contribution in [3.05, 3.63) is 29.3 Å². The first-order chi connectivity index (χ1) is 9.65. The highest BCUT2D eigenvalue weighted by Crippen LogP contribution is 2.26. The molecule has 0 spiro atoms. The standard InChI is InChI=1S/C16H20N2O2/c1-11(19)18-9-3-6-15(18)16(20)17-14-8-7-12-4-2-5-13(12)10-14/h7-8,10,15H,2-6,9H2,1H3,(H,17,20). The van der Waals surface area contributed by atoms with E-state index in [9.17, 15) is 9.59 Å². The van der Waals surface area contributed by atoms with E-state index >= 15 is 0 Å². The quantitative estimate of drug-likeness (QED) is 0.896. The molecule has 1 aromatic rings. The molecule has 2 aliphatic rings. The molecule has 106 valence electrons. The summed E-state index contributed by atoms with van der Waals surface area (Å²) < 4.78 is 0. The van der Waals surface area contributed by atoms with Crippen molar-refractivity contribution < 1.29 is 9.59 Å². The maximum absolute atomic E-state index is 12.3. The van der Waals surface area contributed by atoms with Gasteiger partial charge in [-0.1, -0.05) is 6.07 Å². The molecular weight excluding hydrogens is 252 g/mol. The van der Waals surface area contributed by atoms with Crippen LogP contribution >= 0.6 is 0 Å². The van der Waals surface area contributed by atoms with Crippen LogP contribution in [0.1, 0.15) is 37.3 Å². The predicted octanol–water partition coefficient (Wildman–Crippen LogP) is 2.12. The summed E-state index contributed by atoms with van der Waals surface area (Å²) in [5.41, 5.74) is 3.60. The summed E-state index contributed by atoms with van der Waals surface area (Å²) in [5.74, 6) is -0.0766. The van der Waals surface area contributed by atoms with Gasteiger partial charge in [0, 0.05) is 19.2 Å². The lowest BCUT2D eigenvalue weighted by Gasteiger charge is -2.22. The van der Waals surface area contributed by atoms with Crippen molar-refractivity contribution in [1.29, 1.82) is 0 Å². The van der Waals surface area contributed by atoms with Crippen LogP contribution in [-0.2, 0) is 22.4 Å². The molecule has 2 amide bonds.